The summed E-state index contributed by atoms with van der Waals surface area (Å²) in [5.41, 5.74) is 4.19. The van der Waals surface area contributed by atoms with Gasteiger partial charge in [0.2, 0.25) is 0 Å². The molecule has 1 aromatic rings. The van der Waals surface area contributed by atoms with Crippen LogP contribution in [0.3, 0.4) is 0 Å². The van der Waals surface area contributed by atoms with Gasteiger partial charge in [-0.15, -0.1) is 0 Å². The van der Waals surface area contributed by atoms with E-state index in [1.807, 2.05) is 0 Å². The van der Waals surface area contributed by atoms with Crippen molar-refractivity contribution >= 4 is 15.4 Å². The van der Waals surface area contributed by atoms with E-state index < -0.39 is 0 Å². The highest BCUT2D eigenvalue weighted by atomic mass is 28.1. The molecule has 2 heteroatoms. The Morgan fingerprint density at radius 2 is 1.47 bits per heavy atom. The second kappa shape index (κ2) is 9.30. The first-order valence-corrected chi connectivity index (χ1v) is 8.45. The molecule has 0 aromatic carbocycles. The van der Waals surface area contributed by atoms with Gasteiger partial charge in [-0.1, -0.05) is 45.2 Å². The molecule has 1 rings (SSSR count). The number of aromatic nitrogens is 1. The van der Waals surface area contributed by atoms with Crippen molar-refractivity contribution in [2.75, 3.05) is 0 Å². The summed E-state index contributed by atoms with van der Waals surface area (Å²) in [5, 5.41) is 1.34. The molecule has 0 amide bonds. The van der Waals surface area contributed by atoms with Gasteiger partial charge in [-0.3, -0.25) is 4.98 Å². The fraction of sp³-hybridized carbons (Fsp3) is 0.706. The van der Waals surface area contributed by atoms with E-state index in [-0.39, 0.29) is 0 Å². The second-order valence-corrected chi connectivity index (χ2v) is 5.89. The van der Waals surface area contributed by atoms with Crippen LogP contribution in [-0.2, 0) is 19.3 Å². The average molecular weight is 275 g/mol. The maximum Gasteiger partial charge on any atom is 0.0721 e. The van der Waals surface area contributed by atoms with Gasteiger partial charge in [-0.2, -0.15) is 0 Å². The Bertz CT molecular complexity index is 374. The molecule has 0 unspecified atom stereocenters. The van der Waals surface area contributed by atoms with Gasteiger partial charge < -0.3 is 0 Å². The van der Waals surface area contributed by atoms with Crippen molar-refractivity contribution < 1.29 is 0 Å². The van der Waals surface area contributed by atoms with Gasteiger partial charge in [0.25, 0.3) is 0 Å². The predicted octanol–water partition coefficient (Wildman–Crippen LogP) is 3.90. The maximum absolute atomic E-state index is 4.75. The number of unbranched alkanes of at least 4 members (excludes halogenated alkanes) is 3. The predicted molar refractivity (Wildman–Crippen MR) is 85.5 cm³/mol. The number of hydrogen-bond donors (Lipinski definition) is 0. The van der Waals surface area contributed by atoms with Crippen LogP contribution in [0.2, 0.25) is 0 Å². The minimum Gasteiger partial charge on any atom is -0.261 e. The summed E-state index contributed by atoms with van der Waals surface area (Å²) in [4.78, 5) is 4.75. The van der Waals surface area contributed by atoms with Crippen molar-refractivity contribution in [3.8, 4) is 0 Å². The van der Waals surface area contributed by atoms with E-state index in [1.165, 1.54) is 67.0 Å². The van der Waals surface area contributed by atoms with E-state index in [0.29, 0.717) is 0 Å². The largest absolute Gasteiger partial charge is 0.261 e. The highest BCUT2D eigenvalue weighted by Crippen LogP contribution is 2.14. The molecule has 0 aliphatic heterocycles. The summed E-state index contributed by atoms with van der Waals surface area (Å²) in [7, 11) is 3.90. The first-order valence-electron chi connectivity index (χ1n) is 7.95. The smallest absolute Gasteiger partial charge is 0.0721 e. The van der Waals surface area contributed by atoms with Gasteiger partial charge >= 0.3 is 0 Å². The van der Waals surface area contributed by atoms with E-state index >= 15 is 0 Å². The van der Waals surface area contributed by atoms with Crippen LogP contribution in [-0.4, -0.2) is 15.2 Å². The SMILES string of the molecule is CCCCc1cnc(CCCC)c(CCCC)c1[Si]. The zero-order valence-corrected chi connectivity index (χ0v) is 13.9. The molecule has 105 valence electrons. The third kappa shape index (κ3) is 5.10. The van der Waals surface area contributed by atoms with Gasteiger partial charge in [0.15, 0.2) is 0 Å². The number of aryl methyl sites for hydroxylation is 2. The molecule has 0 saturated carbocycles. The average Bonchev–Trinajstić information content (AvgIpc) is 2.43. The lowest BCUT2D eigenvalue weighted by molar-refractivity contribution is 0.737. The summed E-state index contributed by atoms with van der Waals surface area (Å²) < 4.78 is 0. The monoisotopic (exact) mass is 274 g/mol. The topological polar surface area (TPSA) is 12.9 Å². The number of pyridine rings is 1. The van der Waals surface area contributed by atoms with Crippen molar-refractivity contribution in [2.24, 2.45) is 0 Å². The molecule has 0 atom stereocenters. The van der Waals surface area contributed by atoms with Crippen LogP contribution < -0.4 is 5.19 Å². The lowest BCUT2D eigenvalue weighted by Gasteiger charge is -2.15. The van der Waals surface area contributed by atoms with Gasteiger partial charge in [0, 0.05) is 11.9 Å². The molecule has 3 radical (unpaired) electrons. The lowest BCUT2D eigenvalue weighted by Crippen LogP contribution is -2.21. The molecule has 0 aliphatic rings. The molecule has 0 spiro atoms. The van der Waals surface area contributed by atoms with Crippen LogP contribution in [0.15, 0.2) is 6.20 Å². The van der Waals surface area contributed by atoms with Crippen LogP contribution in [0.4, 0.5) is 0 Å². The summed E-state index contributed by atoms with van der Waals surface area (Å²) >= 11 is 0. The number of rotatable bonds is 9. The molecular formula is C17H28NSi. The van der Waals surface area contributed by atoms with Gasteiger partial charge in [0.05, 0.1) is 10.2 Å². The second-order valence-electron chi connectivity index (χ2n) is 5.39. The molecule has 0 saturated heterocycles. The maximum atomic E-state index is 4.75. The summed E-state index contributed by atoms with van der Waals surface area (Å²) in [5.74, 6) is 0. The Morgan fingerprint density at radius 3 is 2.11 bits per heavy atom. The Kier molecular flexibility index (Phi) is 8.04. The Labute approximate surface area is 122 Å². The molecular weight excluding hydrogens is 246 g/mol. The lowest BCUT2D eigenvalue weighted by atomic mass is 9.99. The van der Waals surface area contributed by atoms with Crippen molar-refractivity contribution in [2.45, 2.75) is 78.6 Å². The van der Waals surface area contributed by atoms with Crippen LogP contribution in [0.5, 0.6) is 0 Å². The fourth-order valence-corrected chi connectivity index (χ4v) is 2.83. The van der Waals surface area contributed by atoms with E-state index in [4.69, 9.17) is 4.98 Å². The van der Waals surface area contributed by atoms with Gasteiger partial charge in [-0.05, 0) is 49.7 Å². The van der Waals surface area contributed by atoms with E-state index in [9.17, 15) is 0 Å². The van der Waals surface area contributed by atoms with Gasteiger partial charge in [-0.25, -0.2) is 0 Å². The third-order valence-corrected chi connectivity index (χ3v) is 4.32. The van der Waals surface area contributed by atoms with Crippen molar-refractivity contribution in [3.63, 3.8) is 0 Å². The molecule has 19 heavy (non-hydrogen) atoms. The van der Waals surface area contributed by atoms with Gasteiger partial charge in [0.1, 0.15) is 0 Å². The molecule has 1 aromatic heterocycles. The standard InChI is InChI=1S/C17H28NSi/c1-4-7-10-14-13-18-16(12-9-6-3)15(17(14)19)11-8-5-2/h13H,4-12H2,1-3H3. The number of hydrogen-bond acceptors (Lipinski definition) is 1. The normalized spacial score (nSPS) is 10.9. The van der Waals surface area contributed by atoms with Crippen LogP contribution >= 0.6 is 0 Å². The minimum atomic E-state index is 1.13. The van der Waals surface area contributed by atoms with Crippen molar-refractivity contribution in [1.82, 2.24) is 4.98 Å². The Balaban J connectivity index is 2.94. The summed E-state index contributed by atoms with van der Waals surface area (Å²) in [6.45, 7) is 6.75. The molecule has 0 N–H and O–H groups in total. The minimum absolute atomic E-state index is 1.13. The Morgan fingerprint density at radius 1 is 0.895 bits per heavy atom. The molecule has 1 heterocycles. The molecule has 0 aliphatic carbocycles. The molecule has 1 nitrogen and oxygen atoms in total. The summed E-state index contributed by atoms with van der Waals surface area (Å²) in [6.07, 6.45) is 13.0. The highest BCUT2D eigenvalue weighted by molar-refractivity contribution is 6.34. The van der Waals surface area contributed by atoms with Crippen molar-refractivity contribution in [1.29, 1.82) is 0 Å². The zero-order valence-electron chi connectivity index (χ0n) is 12.9. The van der Waals surface area contributed by atoms with Crippen molar-refractivity contribution in [3.05, 3.63) is 23.0 Å². The van der Waals surface area contributed by atoms with E-state index in [0.717, 1.165) is 12.8 Å². The Hall–Kier alpha value is -0.633. The van der Waals surface area contributed by atoms with Crippen LogP contribution in [0, 0.1) is 0 Å². The molecule has 0 fully saturated rings. The molecule has 0 bridgehead atoms. The van der Waals surface area contributed by atoms with E-state index in [1.54, 1.807) is 0 Å². The van der Waals surface area contributed by atoms with E-state index in [2.05, 4.69) is 37.2 Å². The van der Waals surface area contributed by atoms with Crippen LogP contribution in [0.1, 0.15) is 76.1 Å². The fourth-order valence-electron chi connectivity index (χ4n) is 2.38. The number of nitrogens with zero attached hydrogens (tertiary/aromatic N) is 1. The summed E-state index contributed by atoms with van der Waals surface area (Å²) in [6, 6.07) is 0. The highest BCUT2D eigenvalue weighted by Gasteiger charge is 2.10. The van der Waals surface area contributed by atoms with Crippen LogP contribution in [0.25, 0.3) is 0 Å². The first kappa shape index (κ1) is 16.4. The zero-order chi connectivity index (χ0) is 14.1. The first-order chi connectivity index (χ1) is 9.24. The third-order valence-electron chi connectivity index (χ3n) is 3.69. The quantitative estimate of drug-likeness (QED) is 0.622.